The van der Waals surface area contributed by atoms with Gasteiger partial charge in [-0.15, -0.1) is 0 Å². The van der Waals surface area contributed by atoms with Crippen LogP contribution in [0.3, 0.4) is 0 Å². The largest absolute Gasteiger partial charge is 0.313 e. The van der Waals surface area contributed by atoms with Gasteiger partial charge in [-0.1, -0.05) is 0 Å². The number of rotatable bonds is 3. The highest BCUT2D eigenvalue weighted by molar-refractivity contribution is 7.89. The van der Waals surface area contributed by atoms with Crippen molar-refractivity contribution in [3.8, 4) is 6.07 Å². The molecule has 1 rings (SSSR count). The maximum atomic E-state index is 11.1. The molecule has 0 bridgehead atoms. The molecule has 1 aliphatic rings. The van der Waals surface area contributed by atoms with Crippen molar-refractivity contribution < 1.29 is 8.42 Å². The van der Waals surface area contributed by atoms with E-state index >= 15 is 0 Å². The lowest BCUT2D eigenvalue weighted by Crippen LogP contribution is -2.67. The number of hydrogen-bond donors (Lipinski definition) is 2. The van der Waals surface area contributed by atoms with Gasteiger partial charge in [-0.05, 0) is 6.92 Å². The molecular weight excluding hydrogens is 178 g/mol. The summed E-state index contributed by atoms with van der Waals surface area (Å²) in [6.45, 7) is 3.05. The van der Waals surface area contributed by atoms with Crippen LogP contribution in [0.1, 0.15) is 6.92 Å². The first-order chi connectivity index (χ1) is 5.47. The fourth-order valence-electron chi connectivity index (χ4n) is 1.07. The van der Waals surface area contributed by atoms with Crippen LogP contribution >= 0.6 is 0 Å². The summed E-state index contributed by atoms with van der Waals surface area (Å²) >= 11 is 0. The van der Waals surface area contributed by atoms with Crippen LogP contribution in [0.5, 0.6) is 0 Å². The fraction of sp³-hybridized carbons (Fsp3) is 0.833. The topological polar surface area (TPSA) is 82.0 Å². The number of hydrogen-bond acceptors (Lipinski definition) is 4. The van der Waals surface area contributed by atoms with Gasteiger partial charge in [0.2, 0.25) is 10.0 Å². The zero-order valence-corrected chi connectivity index (χ0v) is 7.61. The molecule has 12 heavy (non-hydrogen) atoms. The van der Waals surface area contributed by atoms with E-state index in [1.54, 1.807) is 13.0 Å². The Hall–Kier alpha value is -0.640. The van der Waals surface area contributed by atoms with Crippen LogP contribution < -0.4 is 10.0 Å². The molecule has 6 heteroatoms. The van der Waals surface area contributed by atoms with Crippen molar-refractivity contribution in [3.05, 3.63) is 0 Å². The van der Waals surface area contributed by atoms with E-state index in [2.05, 4.69) is 10.0 Å². The zero-order valence-electron chi connectivity index (χ0n) is 6.79. The van der Waals surface area contributed by atoms with Gasteiger partial charge in [0, 0.05) is 13.1 Å². The second kappa shape index (κ2) is 3.01. The molecule has 0 amide bonds. The lowest BCUT2D eigenvalue weighted by atomic mass is 9.97. The molecule has 1 saturated heterocycles. The molecular formula is C6H11N3O2S. The molecule has 0 radical (unpaired) electrons. The first-order valence-corrected chi connectivity index (χ1v) is 5.22. The summed E-state index contributed by atoms with van der Waals surface area (Å²) in [5.41, 5.74) is -0.393. The van der Waals surface area contributed by atoms with Crippen molar-refractivity contribution in [3.63, 3.8) is 0 Å². The van der Waals surface area contributed by atoms with Crippen LogP contribution in [0.2, 0.25) is 0 Å². The summed E-state index contributed by atoms with van der Waals surface area (Å²) < 4.78 is 24.6. The monoisotopic (exact) mass is 189 g/mol. The van der Waals surface area contributed by atoms with E-state index in [0.717, 1.165) is 0 Å². The van der Waals surface area contributed by atoms with Crippen LogP contribution in [0.4, 0.5) is 0 Å². The van der Waals surface area contributed by atoms with E-state index in [1.165, 1.54) is 0 Å². The van der Waals surface area contributed by atoms with Gasteiger partial charge in [0.1, 0.15) is 0 Å². The Morgan fingerprint density at radius 2 is 2.25 bits per heavy atom. The first kappa shape index (κ1) is 9.45. The SMILES string of the molecule is CC1(NS(=O)(=O)CC#N)CNC1. The van der Waals surface area contributed by atoms with Crippen LogP contribution in [0, 0.1) is 11.3 Å². The molecule has 1 heterocycles. The van der Waals surface area contributed by atoms with E-state index in [0.29, 0.717) is 13.1 Å². The molecule has 0 aromatic carbocycles. The average molecular weight is 189 g/mol. The molecule has 0 unspecified atom stereocenters. The van der Waals surface area contributed by atoms with Crippen LogP contribution in [-0.2, 0) is 10.0 Å². The number of sulfonamides is 1. The highest BCUT2D eigenvalue weighted by Crippen LogP contribution is 2.10. The number of nitrogens with one attached hydrogen (secondary N) is 2. The lowest BCUT2D eigenvalue weighted by molar-refractivity contribution is 0.279. The molecule has 0 saturated carbocycles. The minimum absolute atomic E-state index is 0.393. The molecule has 0 aromatic rings. The summed E-state index contributed by atoms with van der Waals surface area (Å²) in [7, 11) is -3.40. The van der Waals surface area contributed by atoms with Crippen molar-refractivity contribution >= 4 is 10.0 Å². The number of nitrogens with zero attached hydrogens (tertiary/aromatic N) is 1. The molecule has 0 aromatic heterocycles. The van der Waals surface area contributed by atoms with Gasteiger partial charge in [0.05, 0.1) is 11.6 Å². The van der Waals surface area contributed by atoms with Crippen molar-refractivity contribution in [2.75, 3.05) is 18.8 Å². The Balaban J connectivity index is 2.56. The van der Waals surface area contributed by atoms with Gasteiger partial charge in [-0.25, -0.2) is 13.1 Å². The quantitative estimate of drug-likeness (QED) is 0.583. The third-order valence-electron chi connectivity index (χ3n) is 1.69. The van der Waals surface area contributed by atoms with E-state index in [9.17, 15) is 8.42 Å². The molecule has 2 N–H and O–H groups in total. The molecule has 5 nitrogen and oxygen atoms in total. The maximum Gasteiger partial charge on any atom is 0.225 e. The highest BCUT2D eigenvalue weighted by atomic mass is 32.2. The predicted molar refractivity (Wildman–Crippen MR) is 43.8 cm³/mol. The second-order valence-corrected chi connectivity index (χ2v) is 4.91. The molecule has 1 fully saturated rings. The van der Waals surface area contributed by atoms with Crippen LogP contribution in [-0.4, -0.2) is 32.8 Å². The Morgan fingerprint density at radius 3 is 2.58 bits per heavy atom. The maximum absolute atomic E-state index is 11.1. The van der Waals surface area contributed by atoms with Crippen LogP contribution in [0.15, 0.2) is 0 Å². The van der Waals surface area contributed by atoms with E-state index in [4.69, 9.17) is 5.26 Å². The van der Waals surface area contributed by atoms with Crippen molar-refractivity contribution in [1.82, 2.24) is 10.0 Å². The third-order valence-corrected chi connectivity index (χ3v) is 3.00. The standard InChI is InChI=1S/C6H11N3O2S/c1-6(4-8-5-6)9-12(10,11)3-2-7/h8-9H,3-5H2,1H3. The lowest BCUT2D eigenvalue weighted by Gasteiger charge is -2.39. The van der Waals surface area contributed by atoms with Gasteiger partial charge in [-0.2, -0.15) is 5.26 Å². The van der Waals surface area contributed by atoms with Gasteiger partial charge in [0.15, 0.2) is 5.75 Å². The molecule has 0 spiro atoms. The minimum Gasteiger partial charge on any atom is -0.313 e. The van der Waals surface area contributed by atoms with Gasteiger partial charge < -0.3 is 5.32 Å². The Labute approximate surface area is 71.8 Å². The summed E-state index contributed by atoms with van der Waals surface area (Å²) in [5, 5.41) is 11.2. The number of nitriles is 1. The Bertz CT molecular complexity index is 299. The molecule has 1 aliphatic heterocycles. The molecule has 0 atom stereocenters. The predicted octanol–water partition coefficient (Wildman–Crippen LogP) is -1.21. The summed E-state index contributed by atoms with van der Waals surface area (Å²) in [5.74, 6) is -0.470. The first-order valence-electron chi connectivity index (χ1n) is 3.57. The molecule has 0 aliphatic carbocycles. The van der Waals surface area contributed by atoms with Gasteiger partial charge >= 0.3 is 0 Å². The Kier molecular flexibility index (Phi) is 2.37. The minimum atomic E-state index is -3.40. The molecule has 68 valence electrons. The van der Waals surface area contributed by atoms with Crippen LogP contribution in [0.25, 0.3) is 0 Å². The third kappa shape index (κ3) is 2.17. The average Bonchev–Trinajstić information content (AvgIpc) is 1.83. The summed E-state index contributed by atoms with van der Waals surface area (Å²) in [6, 6.07) is 1.61. The van der Waals surface area contributed by atoms with Crippen molar-refractivity contribution in [2.24, 2.45) is 0 Å². The van der Waals surface area contributed by atoms with Crippen molar-refractivity contribution in [1.29, 1.82) is 5.26 Å². The van der Waals surface area contributed by atoms with Gasteiger partial charge in [0.25, 0.3) is 0 Å². The summed E-state index contributed by atoms with van der Waals surface area (Å²) in [6.07, 6.45) is 0. The van der Waals surface area contributed by atoms with E-state index < -0.39 is 21.3 Å². The smallest absolute Gasteiger partial charge is 0.225 e. The summed E-state index contributed by atoms with van der Waals surface area (Å²) in [4.78, 5) is 0. The van der Waals surface area contributed by atoms with E-state index in [1.807, 2.05) is 0 Å². The van der Waals surface area contributed by atoms with E-state index in [-0.39, 0.29) is 0 Å². The normalized spacial score (nSPS) is 21.0. The fourth-order valence-corrected chi connectivity index (χ4v) is 2.21. The van der Waals surface area contributed by atoms with Crippen molar-refractivity contribution in [2.45, 2.75) is 12.5 Å². The second-order valence-electron chi connectivity index (χ2n) is 3.18. The Morgan fingerprint density at radius 1 is 1.67 bits per heavy atom. The van der Waals surface area contributed by atoms with Gasteiger partial charge in [-0.3, -0.25) is 0 Å². The zero-order chi connectivity index (χ0) is 9.24. The highest BCUT2D eigenvalue weighted by Gasteiger charge is 2.35.